The first-order chi connectivity index (χ1) is 40.4. The summed E-state index contributed by atoms with van der Waals surface area (Å²) in [5.74, 6) is -0.566. The van der Waals surface area contributed by atoms with Crippen LogP contribution in [0.15, 0.2) is 0 Å². The molecule has 498 valence electrons. The Bertz CT molecular complexity index is 1650. The van der Waals surface area contributed by atoms with E-state index in [0.717, 1.165) is 121 Å². The zero-order valence-electron chi connectivity index (χ0n) is 54.2. The van der Waals surface area contributed by atoms with Crippen LogP contribution < -0.4 is 0 Å². The lowest BCUT2D eigenvalue weighted by Crippen LogP contribution is -2.30. The highest BCUT2D eigenvalue weighted by molar-refractivity contribution is 7.47. The summed E-state index contributed by atoms with van der Waals surface area (Å²) in [5, 5.41) is 10.5. The van der Waals surface area contributed by atoms with Crippen molar-refractivity contribution in [3.63, 3.8) is 0 Å². The molecule has 3 N–H and O–H groups in total. The van der Waals surface area contributed by atoms with Gasteiger partial charge in [-0.05, 0) is 37.5 Å². The molecular formula is C65H126O17P2. The summed E-state index contributed by atoms with van der Waals surface area (Å²) in [5.41, 5.74) is 0. The van der Waals surface area contributed by atoms with Crippen molar-refractivity contribution in [2.45, 2.75) is 342 Å². The third-order valence-corrected chi connectivity index (χ3v) is 17.2. The first-order valence-corrected chi connectivity index (χ1v) is 37.0. The number of aliphatic hydroxyl groups excluding tert-OH is 1. The van der Waals surface area contributed by atoms with Crippen LogP contribution in [0.4, 0.5) is 0 Å². The summed E-state index contributed by atoms with van der Waals surface area (Å²) >= 11 is 0. The van der Waals surface area contributed by atoms with Crippen LogP contribution in [-0.4, -0.2) is 96.7 Å². The van der Waals surface area contributed by atoms with Crippen molar-refractivity contribution in [3.8, 4) is 0 Å². The Kier molecular flexibility index (Phi) is 56.2. The molecule has 0 aromatic rings. The van der Waals surface area contributed by atoms with Crippen LogP contribution in [0.1, 0.15) is 324 Å². The fourth-order valence-electron chi connectivity index (χ4n) is 9.68. The number of carbonyl (C=O) groups is 4. The lowest BCUT2D eigenvalue weighted by molar-refractivity contribution is -0.161. The number of esters is 4. The quantitative estimate of drug-likeness (QED) is 0.0222. The van der Waals surface area contributed by atoms with Crippen LogP contribution in [0, 0.1) is 11.8 Å². The van der Waals surface area contributed by atoms with Crippen molar-refractivity contribution in [2.75, 3.05) is 39.6 Å². The number of carbonyl (C=O) groups excluding carboxylic acids is 4. The molecule has 0 bridgehead atoms. The SMILES string of the molecule is CCCCCCCCCCC(=O)O[C@H](COC(=O)CCCCCCCCC)COP(=O)(O)OC[C@H](O)COP(=O)(O)OC[C@@H](COC(=O)CCCCCCCCCCC(C)CC)OC(=O)CCCCCCCCCCCCCCCCC(C)C. The average Bonchev–Trinajstić information content (AvgIpc) is 3.62. The fraction of sp³-hybridized carbons (Fsp3) is 0.938. The minimum atomic E-state index is -4.95. The minimum absolute atomic E-state index is 0.104. The Morgan fingerprint density at radius 2 is 0.607 bits per heavy atom. The van der Waals surface area contributed by atoms with E-state index in [2.05, 4.69) is 41.5 Å². The summed E-state index contributed by atoms with van der Waals surface area (Å²) in [7, 11) is -9.88. The van der Waals surface area contributed by atoms with E-state index in [1.54, 1.807) is 0 Å². The van der Waals surface area contributed by atoms with Gasteiger partial charge in [-0.25, -0.2) is 9.13 Å². The van der Waals surface area contributed by atoms with Gasteiger partial charge in [0.2, 0.25) is 0 Å². The molecule has 17 nitrogen and oxygen atoms in total. The molecular weight excluding hydrogens is 1110 g/mol. The molecule has 19 heteroatoms. The second-order valence-electron chi connectivity index (χ2n) is 24.2. The monoisotopic (exact) mass is 1240 g/mol. The highest BCUT2D eigenvalue weighted by Crippen LogP contribution is 2.45. The van der Waals surface area contributed by atoms with Gasteiger partial charge in [0.05, 0.1) is 26.4 Å². The van der Waals surface area contributed by atoms with E-state index < -0.39 is 97.5 Å². The van der Waals surface area contributed by atoms with Crippen LogP contribution in [0.5, 0.6) is 0 Å². The van der Waals surface area contributed by atoms with Crippen LogP contribution in [0.2, 0.25) is 0 Å². The molecule has 0 radical (unpaired) electrons. The van der Waals surface area contributed by atoms with Gasteiger partial charge in [0.25, 0.3) is 0 Å². The van der Waals surface area contributed by atoms with Gasteiger partial charge < -0.3 is 33.8 Å². The predicted octanol–water partition coefficient (Wildman–Crippen LogP) is 18.0. The number of ether oxygens (including phenoxy) is 4. The number of phosphoric ester groups is 2. The largest absolute Gasteiger partial charge is 0.472 e. The molecule has 0 saturated carbocycles. The summed E-state index contributed by atoms with van der Waals surface area (Å²) in [6, 6.07) is 0. The summed E-state index contributed by atoms with van der Waals surface area (Å²) in [6.07, 6.45) is 40.4. The number of hydrogen-bond donors (Lipinski definition) is 3. The molecule has 0 spiro atoms. The van der Waals surface area contributed by atoms with Crippen LogP contribution in [-0.2, 0) is 65.4 Å². The Labute approximate surface area is 511 Å². The number of hydrogen-bond acceptors (Lipinski definition) is 15. The molecule has 0 fully saturated rings. The van der Waals surface area contributed by atoms with Gasteiger partial charge in [0.1, 0.15) is 19.3 Å². The van der Waals surface area contributed by atoms with Gasteiger partial charge in [-0.1, -0.05) is 273 Å². The van der Waals surface area contributed by atoms with Crippen LogP contribution in [0.25, 0.3) is 0 Å². The number of unbranched alkanes of at least 4 members (excludes halogenated alkanes) is 33. The van der Waals surface area contributed by atoms with Crippen molar-refractivity contribution < 1.29 is 80.2 Å². The number of rotatable bonds is 64. The lowest BCUT2D eigenvalue weighted by Gasteiger charge is -2.21. The highest BCUT2D eigenvalue weighted by atomic mass is 31.2. The van der Waals surface area contributed by atoms with E-state index in [-0.39, 0.29) is 25.7 Å². The summed E-state index contributed by atoms with van der Waals surface area (Å²) < 4.78 is 67.9. The number of phosphoric acid groups is 2. The van der Waals surface area contributed by atoms with E-state index in [0.29, 0.717) is 25.7 Å². The smallest absolute Gasteiger partial charge is 0.462 e. The third-order valence-electron chi connectivity index (χ3n) is 15.3. The molecule has 0 saturated heterocycles. The maximum absolute atomic E-state index is 13.0. The first kappa shape index (κ1) is 82.1. The minimum Gasteiger partial charge on any atom is -0.462 e. The first-order valence-electron chi connectivity index (χ1n) is 34.0. The molecule has 0 heterocycles. The van der Waals surface area contributed by atoms with Crippen LogP contribution in [0.3, 0.4) is 0 Å². The molecule has 0 aromatic heterocycles. The molecule has 6 atom stereocenters. The van der Waals surface area contributed by atoms with Crippen molar-refractivity contribution >= 4 is 39.5 Å². The molecule has 0 aromatic carbocycles. The summed E-state index contributed by atoms with van der Waals surface area (Å²) in [4.78, 5) is 72.1. The van der Waals surface area contributed by atoms with Gasteiger partial charge >= 0.3 is 39.5 Å². The van der Waals surface area contributed by atoms with Gasteiger partial charge in [-0.15, -0.1) is 0 Å². The molecule has 0 rings (SSSR count). The van der Waals surface area contributed by atoms with E-state index in [1.807, 2.05) is 0 Å². The van der Waals surface area contributed by atoms with E-state index in [1.165, 1.54) is 122 Å². The Balaban J connectivity index is 5.18. The van der Waals surface area contributed by atoms with Gasteiger partial charge in [-0.2, -0.15) is 0 Å². The van der Waals surface area contributed by atoms with Gasteiger partial charge in [0.15, 0.2) is 12.2 Å². The van der Waals surface area contributed by atoms with Crippen molar-refractivity contribution in [1.82, 2.24) is 0 Å². The standard InChI is InChI=1S/C65H126O17P2/c1-7-10-12-14-16-30-37-43-49-64(69)81-60(53-75-62(67)47-41-35-27-15-13-11-8-2)55-79-83(71,72)77-51-59(66)52-78-84(73,74)80-56-61(54-76-63(68)48-42-36-31-26-25-29-34-40-46-58(6)9-3)82-65(70)50-44-38-32-24-22-20-18-17-19-21-23-28-33-39-45-57(4)5/h57-61,66H,7-56H2,1-6H3,(H,71,72)(H,73,74)/t58?,59-,60+,61+/m0/s1. The molecule has 0 aliphatic carbocycles. The lowest BCUT2D eigenvalue weighted by atomic mass is 9.99. The summed E-state index contributed by atoms with van der Waals surface area (Å²) in [6.45, 7) is 9.46. The maximum Gasteiger partial charge on any atom is 0.472 e. The predicted molar refractivity (Wildman–Crippen MR) is 335 cm³/mol. The van der Waals surface area contributed by atoms with Crippen molar-refractivity contribution in [1.29, 1.82) is 0 Å². The van der Waals surface area contributed by atoms with E-state index in [4.69, 9.17) is 37.0 Å². The Hall–Kier alpha value is -1.94. The Morgan fingerprint density at radius 3 is 0.905 bits per heavy atom. The molecule has 0 amide bonds. The zero-order chi connectivity index (χ0) is 62.2. The van der Waals surface area contributed by atoms with E-state index in [9.17, 15) is 43.2 Å². The molecule has 0 aliphatic heterocycles. The Morgan fingerprint density at radius 1 is 0.345 bits per heavy atom. The third kappa shape index (κ3) is 57.8. The zero-order valence-corrected chi connectivity index (χ0v) is 56.0. The van der Waals surface area contributed by atoms with E-state index >= 15 is 0 Å². The van der Waals surface area contributed by atoms with Crippen molar-refractivity contribution in [3.05, 3.63) is 0 Å². The maximum atomic E-state index is 13.0. The fourth-order valence-corrected chi connectivity index (χ4v) is 11.3. The van der Waals surface area contributed by atoms with Crippen LogP contribution >= 0.6 is 15.6 Å². The topological polar surface area (TPSA) is 237 Å². The molecule has 3 unspecified atom stereocenters. The molecule has 84 heavy (non-hydrogen) atoms. The second-order valence-corrected chi connectivity index (χ2v) is 27.1. The highest BCUT2D eigenvalue weighted by Gasteiger charge is 2.30. The molecule has 0 aliphatic rings. The average molecular weight is 1240 g/mol. The van der Waals surface area contributed by atoms with Gasteiger partial charge in [0, 0.05) is 25.7 Å². The normalized spacial score (nSPS) is 14.6. The number of aliphatic hydroxyl groups is 1. The second kappa shape index (κ2) is 57.5. The van der Waals surface area contributed by atoms with Crippen molar-refractivity contribution in [2.24, 2.45) is 11.8 Å². The van der Waals surface area contributed by atoms with Gasteiger partial charge in [-0.3, -0.25) is 37.3 Å².